The zero-order valence-electron chi connectivity index (χ0n) is 13.7. The van der Waals surface area contributed by atoms with Crippen LogP contribution in [0.2, 0.25) is 0 Å². The highest BCUT2D eigenvalue weighted by Crippen LogP contribution is 2.27. The Labute approximate surface area is 123 Å². The molecule has 1 heterocycles. The molecule has 1 saturated heterocycles. The Balaban J connectivity index is 2.85. The van der Waals surface area contributed by atoms with Crippen molar-refractivity contribution in [1.82, 2.24) is 10.2 Å². The third kappa shape index (κ3) is 3.53. The number of hydrogen-bond acceptors (Lipinski definition) is 2. The standard InChI is InChI=1S/C16H30N2O2/c1-6-9-13-14(19)18(11-8-10-12(3)4)16(5,7-2)15(20)17-13/h12-13H,6-11H2,1-5H3,(H,17,20). The van der Waals surface area contributed by atoms with Crippen LogP contribution in [-0.4, -0.2) is 34.8 Å². The van der Waals surface area contributed by atoms with Crippen LogP contribution in [0.15, 0.2) is 0 Å². The first-order valence-corrected chi connectivity index (χ1v) is 7.99. The fourth-order valence-corrected chi connectivity index (χ4v) is 2.78. The molecule has 1 rings (SSSR count). The Morgan fingerprint density at radius 2 is 1.95 bits per heavy atom. The molecule has 0 aromatic carbocycles. The molecule has 4 nitrogen and oxygen atoms in total. The van der Waals surface area contributed by atoms with Crippen molar-refractivity contribution in [3.63, 3.8) is 0 Å². The number of nitrogens with one attached hydrogen (secondary N) is 1. The van der Waals surface area contributed by atoms with Crippen LogP contribution in [0.4, 0.5) is 0 Å². The third-order valence-electron chi connectivity index (χ3n) is 4.38. The van der Waals surface area contributed by atoms with Crippen LogP contribution in [0.1, 0.15) is 66.7 Å². The maximum atomic E-state index is 12.6. The Morgan fingerprint density at radius 1 is 1.30 bits per heavy atom. The minimum absolute atomic E-state index is 0.00240. The molecule has 116 valence electrons. The van der Waals surface area contributed by atoms with Gasteiger partial charge in [0.2, 0.25) is 11.8 Å². The normalized spacial score (nSPS) is 27.1. The molecule has 1 aliphatic rings. The number of amides is 2. The van der Waals surface area contributed by atoms with Gasteiger partial charge in [0.1, 0.15) is 11.6 Å². The van der Waals surface area contributed by atoms with E-state index in [1.54, 1.807) is 0 Å². The number of carbonyl (C=O) groups excluding carboxylic acids is 2. The predicted octanol–water partition coefficient (Wildman–Crippen LogP) is 2.72. The van der Waals surface area contributed by atoms with Gasteiger partial charge in [0, 0.05) is 6.54 Å². The van der Waals surface area contributed by atoms with Crippen molar-refractivity contribution in [3.8, 4) is 0 Å². The number of piperazine rings is 1. The van der Waals surface area contributed by atoms with Gasteiger partial charge in [-0.3, -0.25) is 9.59 Å². The van der Waals surface area contributed by atoms with E-state index in [1.807, 2.05) is 25.7 Å². The zero-order valence-corrected chi connectivity index (χ0v) is 13.7. The Kier molecular flexibility index (Phi) is 6.03. The maximum Gasteiger partial charge on any atom is 0.246 e. The summed E-state index contributed by atoms with van der Waals surface area (Å²) >= 11 is 0. The minimum atomic E-state index is -0.682. The summed E-state index contributed by atoms with van der Waals surface area (Å²) in [7, 11) is 0. The van der Waals surface area contributed by atoms with Gasteiger partial charge in [-0.25, -0.2) is 0 Å². The van der Waals surface area contributed by atoms with E-state index in [0.29, 0.717) is 18.9 Å². The van der Waals surface area contributed by atoms with Crippen molar-refractivity contribution in [2.75, 3.05) is 6.54 Å². The van der Waals surface area contributed by atoms with Crippen LogP contribution in [0.25, 0.3) is 0 Å². The topological polar surface area (TPSA) is 49.4 Å². The summed E-state index contributed by atoms with van der Waals surface area (Å²) in [5.74, 6) is 0.727. The molecule has 0 aromatic rings. The van der Waals surface area contributed by atoms with Gasteiger partial charge in [-0.2, -0.15) is 0 Å². The van der Waals surface area contributed by atoms with Crippen molar-refractivity contribution in [3.05, 3.63) is 0 Å². The van der Waals surface area contributed by atoms with Gasteiger partial charge in [0.05, 0.1) is 0 Å². The zero-order chi connectivity index (χ0) is 15.3. The lowest BCUT2D eigenvalue weighted by atomic mass is 9.89. The van der Waals surface area contributed by atoms with Crippen LogP contribution in [0.5, 0.6) is 0 Å². The molecule has 0 saturated carbocycles. The lowest BCUT2D eigenvalue weighted by Crippen LogP contribution is -2.69. The summed E-state index contributed by atoms with van der Waals surface area (Å²) < 4.78 is 0. The predicted molar refractivity (Wildman–Crippen MR) is 81.3 cm³/mol. The Morgan fingerprint density at radius 3 is 2.45 bits per heavy atom. The molecule has 0 bridgehead atoms. The van der Waals surface area contributed by atoms with Gasteiger partial charge < -0.3 is 10.2 Å². The molecular formula is C16H30N2O2. The fourth-order valence-electron chi connectivity index (χ4n) is 2.78. The van der Waals surface area contributed by atoms with Crippen molar-refractivity contribution in [2.24, 2.45) is 5.92 Å². The molecule has 1 N–H and O–H groups in total. The van der Waals surface area contributed by atoms with Crippen LogP contribution >= 0.6 is 0 Å². The van der Waals surface area contributed by atoms with Crippen LogP contribution in [0.3, 0.4) is 0 Å². The summed E-state index contributed by atoms with van der Waals surface area (Å²) in [6, 6.07) is -0.328. The van der Waals surface area contributed by atoms with Gasteiger partial charge in [-0.05, 0) is 38.5 Å². The van der Waals surface area contributed by atoms with E-state index in [1.165, 1.54) is 0 Å². The van der Waals surface area contributed by atoms with Crippen molar-refractivity contribution < 1.29 is 9.59 Å². The van der Waals surface area contributed by atoms with E-state index in [9.17, 15) is 9.59 Å². The molecule has 1 aliphatic heterocycles. The van der Waals surface area contributed by atoms with Crippen molar-refractivity contribution in [2.45, 2.75) is 78.3 Å². The highest BCUT2D eigenvalue weighted by atomic mass is 16.2. The quantitative estimate of drug-likeness (QED) is 0.780. The molecule has 0 radical (unpaired) electrons. The van der Waals surface area contributed by atoms with E-state index in [2.05, 4.69) is 19.2 Å². The second-order valence-corrected chi connectivity index (χ2v) is 6.47. The molecule has 2 atom stereocenters. The molecule has 0 spiro atoms. The molecule has 2 amide bonds. The maximum absolute atomic E-state index is 12.6. The lowest BCUT2D eigenvalue weighted by Gasteiger charge is -2.46. The number of nitrogens with zero attached hydrogens (tertiary/aromatic N) is 1. The number of carbonyl (C=O) groups is 2. The van der Waals surface area contributed by atoms with Crippen molar-refractivity contribution >= 4 is 11.8 Å². The van der Waals surface area contributed by atoms with E-state index in [-0.39, 0.29) is 17.9 Å². The smallest absolute Gasteiger partial charge is 0.246 e. The van der Waals surface area contributed by atoms with Gasteiger partial charge in [0.25, 0.3) is 0 Å². The Bertz CT molecular complexity index is 354. The van der Waals surface area contributed by atoms with Crippen LogP contribution in [0, 0.1) is 5.92 Å². The van der Waals surface area contributed by atoms with Gasteiger partial charge in [0.15, 0.2) is 0 Å². The summed E-state index contributed by atoms with van der Waals surface area (Å²) in [6.45, 7) is 11.0. The Hall–Kier alpha value is -1.06. The second-order valence-electron chi connectivity index (χ2n) is 6.47. The first-order chi connectivity index (χ1) is 9.36. The summed E-state index contributed by atoms with van der Waals surface area (Å²) in [4.78, 5) is 26.8. The van der Waals surface area contributed by atoms with Gasteiger partial charge >= 0.3 is 0 Å². The van der Waals surface area contributed by atoms with E-state index in [0.717, 1.165) is 25.7 Å². The van der Waals surface area contributed by atoms with E-state index in [4.69, 9.17) is 0 Å². The largest absolute Gasteiger partial charge is 0.342 e. The van der Waals surface area contributed by atoms with E-state index < -0.39 is 5.54 Å². The molecule has 20 heavy (non-hydrogen) atoms. The highest BCUT2D eigenvalue weighted by Gasteiger charge is 2.47. The SMILES string of the molecule is CCCC1NC(=O)C(C)(CC)N(CCCC(C)C)C1=O. The average Bonchev–Trinajstić information content (AvgIpc) is 2.39. The van der Waals surface area contributed by atoms with E-state index >= 15 is 0 Å². The highest BCUT2D eigenvalue weighted by molar-refractivity contribution is 5.99. The van der Waals surface area contributed by atoms with Crippen LogP contribution < -0.4 is 5.32 Å². The molecule has 1 fully saturated rings. The summed E-state index contributed by atoms with van der Waals surface area (Å²) in [5, 5.41) is 2.91. The molecule has 0 aromatic heterocycles. The molecule has 0 aliphatic carbocycles. The monoisotopic (exact) mass is 282 g/mol. The molecular weight excluding hydrogens is 252 g/mol. The first kappa shape index (κ1) is 17.0. The molecule has 4 heteroatoms. The van der Waals surface area contributed by atoms with Gasteiger partial charge in [-0.15, -0.1) is 0 Å². The number of rotatable bonds is 7. The summed E-state index contributed by atoms with van der Waals surface area (Å²) in [5.41, 5.74) is -0.682. The number of hydrogen-bond donors (Lipinski definition) is 1. The second kappa shape index (κ2) is 7.09. The molecule has 2 unspecified atom stereocenters. The first-order valence-electron chi connectivity index (χ1n) is 7.99. The minimum Gasteiger partial charge on any atom is -0.342 e. The third-order valence-corrected chi connectivity index (χ3v) is 4.38. The fraction of sp³-hybridized carbons (Fsp3) is 0.875. The van der Waals surface area contributed by atoms with Crippen molar-refractivity contribution in [1.29, 1.82) is 0 Å². The average molecular weight is 282 g/mol. The van der Waals surface area contributed by atoms with Gasteiger partial charge in [-0.1, -0.05) is 34.1 Å². The lowest BCUT2D eigenvalue weighted by molar-refractivity contribution is -0.157. The summed E-state index contributed by atoms with van der Waals surface area (Å²) in [6.07, 6.45) is 4.34. The van der Waals surface area contributed by atoms with Crippen LogP contribution in [-0.2, 0) is 9.59 Å².